The summed E-state index contributed by atoms with van der Waals surface area (Å²) in [5.74, 6) is 0.137. The van der Waals surface area contributed by atoms with Crippen molar-refractivity contribution in [1.29, 1.82) is 0 Å². The van der Waals surface area contributed by atoms with Crippen LogP contribution in [0.3, 0.4) is 0 Å². The molecule has 2 aromatic rings. The summed E-state index contributed by atoms with van der Waals surface area (Å²) in [6, 6.07) is 15.7. The van der Waals surface area contributed by atoms with Gasteiger partial charge >= 0.3 is 0 Å². The predicted octanol–water partition coefficient (Wildman–Crippen LogP) is 3.02. The summed E-state index contributed by atoms with van der Waals surface area (Å²) in [4.78, 5) is 12.9. The number of benzene rings is 2. The van der Waals surface area contributed by atoms with E-state index in [1.165, 1.54) is 11.2 Å². The molecule has 3 rings (SSSR count). The quantitative estimate of drug-likeness (QED) is 0.893. The van der Waals surface area contributed by atoms with Crippen LogP contribution in [-0.4, -0.2) is 32.7 Å². The molecule has 1 aliphatic heterocycles. The van der Waals surface area contributed by atoms with Crippen LogP contribution in [0.1, 0.15) is 19.8 Å². The minimum absolute atomic E-state index is 0.278. The monoisotopic (exact) mass is 374 g/mol. The molecule has 2 aromatic carbocycles. The number of hydrogen-bond acceptors (Lipinski definition) is 4. The zero-order valence-corrected chi connectivity index (χ0v) is 15.6. The molecule has 138 valence electrons. The van der Waals surface area contributed by atoms with Crippen LogP contribution in [0.2, 0.25) is 0 Å². The third-order valence-corrected chi connectivity index (χ3v) is 7.25. The van der Waals surface area contributed by atoms with Crippen molar-refractivity contribution in [2.24, 2.45) is 0 Å². The minimum atomic E-state index is -3.85. The molecule has 1 aliphatic rings. The van der Waals surface area contributed by atoms with Crippen molar-refractivity contribution in [2.75, 3.05) is 23.3 Å². The highest BCUT2D eigenvalue weighted by Crippen LogP contribution is 2.36. The van der Waals surface area contributed by atoms with Crippen LogP contribution in [0.25, 0.3) is 0 Å². The number of carbonyl (C=O) groups is 1. The summed E-state index contributed by atoms with van der Waals surface area (Å²) in [6.07, 6.45) is 0.890. The zero-order chi connectivity index (χ0) is 18.8. The lowest BCUT2D eigenvalue weighted by atomic mass is 10.0. The first-order chi connectivity index (χ1) is 12.4. The third kappa shape index (κ3) is 3.14. The van der Waals surface area contributed by atoms with Gasteiger partial charge in [-0.25, -0.2) is 8.42 Å². The molecule has 0 saturated carbocycles. The number of carbonyl (C=O) groups excluding carboxylic acids is 1. The Bertz CT molecular complexity index is 882. The molecule has 26 heavy (non-hydrogen) atoms. The average molecular weight is 374 g/mol. The van der Waals surface area contributed by atoms with Crippen molar-refractivity contribution >= 4 is 27.3 Å². The highest BCUT2D eigenvalue weighted by molar-refractivity contribution is 7.95. The molecule has 1 atom stereocenters. The van der Waals surface area contributed by atoms with E-state index in [0.717, 1.165) is 0 Å². The molecule has 0 unspecified atom stereocenters. The van der Waals surface area contributed by atoms with E-state index < -0.39 is 20.7 Å². The standard InChI is InChI=1S/C19H22N2O4S/c1-19(18(22)20-15-9-11-17(25-2)12-10-15)13-6-14-21(26(19,23)24)16-7-4-3-5-8-16/h3-5,7-12H,6,13-14H2,1-2H3,(H,20,22)/t19-/m0/s1. The average Bonchev–Trinajstić information content (AvgIpc) is 2.65. The van der Waals surface area contributed by atoms with Gasteiger partial charge in [-0.1, -0.05) is 18.2 Å². The minimum Gasteiger partial charge on any atom is -0.497 e. The van der Waals surface area contributed by atoms with E-state index in [-0.39, 0.29) is 6.42 Å². The maximum Gasteiger partial charge on any atom is 0.249 e. The van der Waals surface area contributed by atoms with E-state index in [0.29, 0.717) is 30.1 Å². The molecule has 0 aromatic heterocycles. The second-order valence-corrected chi connectivity index (χ2v) is 8.72. The first-order valence-corrected chi connectivity index (χ1v) is 9.85. The number of amides is 1. The first-order valence-electron chi connectivity index (χ1n) is 8.41. The van der Waals surface area contributed by atoms with E-state index >= 15 is 0 Å². The van der Waals surface area contributed by atoms with Gasteiger partial charge in [0, 0.05) is 12.2 Å². The summed E-state index contributed by atoms with van der Waals surface area (Å²) in [5.41, 5.74) is 1.11. The Morgan fingerprint density at radius 3 is 2.38 bits per heavy atom. The van der Waals surface area contributed by atoms with Gasteiger partial charge in [-0.15, -0.1) is 0 Å². The SMILES string of the molecule is COc1ccc(NC(=O)[C@]2(C)CCCN(c3ccccc3)S2(=O)=O)cc1. The fourth-order valence-corrected chi connectivity index (χ4v) is 5.03. The number of hydrogen-bond donors (Lipinski definition) is 1. The highest BCUT2D eigenvalue weighted by atomic mass is 32.2. The predicted molar refractivity (Wildman–Crippen MR) is 102 cm³/mol. The van der Waals surface area contributed by atoms with E-state index in [1.54, 1.807) is 55.6 Å². The molecular weight excluding hydrogens is 352 g/mol. The molecule has 0 radical (unpaired) electrons. The molecular formula is C19H22N2O4S. The van der Waals surface area contributed by atoms with Crippen LogP contribution in [0.15, 0.2) is 54.6 Å². The Hall–Kier alpha value is -2.54. The molecule has 1 heterocycles. The number of rotatable bonds is 4. The Balaban J connectivity index is 1.87. The highest BCUT2D eigenvalue weighted by Gasteiger charge is 2.51. The first kappa shape index (κ1) is 18.3. The maximum absolute atomic E-state index is 13.2. The normalized spacial score (nSPS) is 21.8. The molecule has 7 heteroatoms. The molecule has 0 aliphatic carbocycles. The topological polar surface area (TPSA) is 75.7 Å². The van der Waals surface area contributed by atoms with Crippen LogP contribution >= 0.6 is 0 Å². The molecule has 1 saturated heterocycles. The number of sulfonamides is 1. The smallest absolute Gasteiger partial charge is 0.249 e. The summed E-state index contributed by atoms with van der Waals surface area (Å²) >= 11 is 0. The number of anilines is 2. The molecule has 1 fully saturated rings. The maximum atomic E-state index is 13.2. The van der Waals surface area contributed by atoms with Gasteiger partial charge in [-0.05, 0) is 56.2 Å². The zero-order valence-electron chi connectivity index (χ0n) is 14.8. The molecule has 6 nitrogen and oxygen atoms in total. The van der Waals surface area contributed by atoms with E-state index in [4.69, 9.17) is 4.74 Å². The lowest BCUT2D eigenvalue weighted by Crippen LogP contribution is -2.57. The van der Waals surface area contributed by atoms with E-state index in [1.807, 2.05) is 6.07 Å². The van der Waals surface area contributed by atoms with Crippen molar-refractivity contribution in [3.63, 3.8) is 0 Å². The Labute approximate surface area is 153 Å². The van der Waals surface area contributed by atoms with Crippen LogP contribution < -0.4 is 14.4 Å². The van der Waals surface area contributed by atoms with Gasteiger partial charge in [-0.3, -0.25) is 9.10 Å². The van der Waals surface area contributed by atoms with Gasteiger partial charge in [0.1, 0.15) is 5.75 Å². The second-order valence-electron chi connectivity index (χ2n) is 6.43. The Kier molecular flexibility index (Phi) is 4.91. The van der Waals surface area contributed by atoms with Crippen LogP contribution in [-0.2, 0) is 14.8 Å². The van der Waals surface area contributed by atoms with Crippen LogP contribution in [0, 0.1) is 0 Å². The van der Waals surface area contributed by atoms with Crippen molar-refractivity contribution in [3.8, 4) is 5.75 Å². The fraction of sp³-hybridized carbons (Fsp3) is 0.316. The van der Waals surface area contributed by atoms with Crippen molar-refractivity contribution in [1.82, 2.24) is 0 Å². The number of ether oxygens (including phenoxy) is 1. The lowest BCUT2D eigenvalue weighted by molar-refractivity contribution is -0.118. The fourth-order valence-electron chi connectivity index (χ4n) is 3.08. The number of para-hydroxylation sites is 1. The lowest BCUT2D eigenvalue weighted by Gasteiger charge is -2.39. The van der Waals surface area contributed by atoms with Gasteiger partial charge in [0.2, 0.25) is 15.9 Å². The summed E-state index contributed by atoms with van der Waals surface area (Å²) < 4.78 is 31.3. The van der Waals surface area contributed by atoms with Crippen LogP contribution in [0.5, 0.6) is 5.75 Å². The summed E-state index contributed by atoms with van der Waals surface area (Å²) in [5, 5.41) is 2.73. The van der Waals surface area contributed by atoms with Gasteiger partial charge in [0.25, 0.3) is 0 Å². The molecule has 0 spiro atoms. The van der Waals surface area contributed by atoms with Crippen molar-refractivity contribution in [2.45, 2.75) is 24.5 Å². The Morgan fingerprint density at radius 2 is 1.77 bits per heavy atom. The number of nitrogens with zero attached hydrogens (tertiary/aromatic N) is 1. The largest absolute Gasteiger partial charge is 0.497 e. The molecule has 0 bridgehead atoms. The number of methoxy groups -OCH3 is 1. The van der Waals surface area contributed by atoms with Crippen molar-refractivity contribution < 1.29 is 17.9 Å². The summed E-state index contributed by atoms with van der Waals surface area (Å²) in [7, 11) is -2.30. The van der Waals surface area contributed by atoms with Crippen LogP contribution in [0.4, 0.5) is 11.4 Å². The van der Waals surface area contributed by atoms with E-state index in [9.17, 15) is 13.2 Å². The van der Waals surface area contributed by atoms with E-state index in [2.05, 4.69) is 5.32 Å². The number of nitrogens with one attached hydrogen (secondary N) is 1. The Morgan fingerprint density at radius 1 is 1.12 bits per heavy atom. The molecule has 1 amide bonds. The van der Waals surface area contributed by atoms with Gasteiger partial charge in [0.05, 0.1) is 12.8 Å². The van der Waals surface area contributed by atoms with Gasteiger partial charge < -0.3 is 10.1 Å². The van der Waals surface area contributed by atoms with Gasteiger partial charge in [0.15, 0.2) is 4.75 Å². The second kappa shape index (κ2) is 6.99. The van der Waals surface area contributed by atoms with Gasteiger partial charge in [-0.2, -0.15) is 0 Å². The third-order valence-electron chi connectivity index (χ3n) is 4.75. The van der Waals surface area contributed by atoms with Crippen molar-refractivity contribution in [3.05, 3.63) is 54.6 Å². The summed E-state index contributed by atoms with van der Waals surface area (Å²) in [6.45, 7) is 1.87. The molecule has 1 N–H and O–H groups in total.